The summed E-state index contributed by atoms with van der Waals surface area (Å²) >= 11 is 0. The first-order chi connectivity index (χ1) is 23.0. The number of carbonyl (C=O) groups excluding carboxylic acids is 2. The van der Waals surface area contributed by atoms with Crippen molar-refractivity contribution >= 4 is 19.8 Å². The topological polar surface area (TPSA) is 108 Å². The Bertz CT molecular complexity index is 970. The molecule has 0 amide bonds. The number of carbonyl (C=O) groups is 2. The van der Waals surface area contributed by atoms with Crippen LogP contribution in [0.25, 0.3) is 0 Å². The van der Waals surface area contributed by atoms with E-state index in [9.17, 15) is 19.0 Å². The molecule has 2 unspecified atom stereocenters. The molecule has 0 aliphatic carbocycles. The number of ether oxygens (including phenoxy) is 2. The van der Waals surface area contributed by atoms with Crippen LogP contribution in [-0.2, 0) is 32.7 Å². The minimum atomic E-state index is -4.35. The van der Waals surface area contributed by atoms with E-state index in [1.165, 1.54) is 38.5 Å². The Balaban J connectivity index is 3.99. The number of hydrogen-bond acceptors (Lipinski definition) is 7. The normalized spacial score (nSPS) is 14.4. The fourth-order valence-electron chi connectivity index (χ4n) is 4.51. The van der Waals surface area contributed by atoms with E-state index in [1.807, 2.05) is 28.1 Å². The zero-order chi connectivity index (χ0) is 35.8. The van der Waals surface area contributed by atoms with Crippen molar-refractivity contribution in [2.75, 3.05) is 47.5 Å². The van der Waals surface area contributed by atoms with E-state index >= 15 is 0 Å². The molecule has 0 spiro atoms. The van der Waals surface area contributed by atoms with Crippen molar-refractivity contribution in [2.45, 2.75) is 136 Å². The first kappa shape index (κ1) is 46.0. The molecule has 2 atom stereocenters. The van der Waals surface area contributed by atoms with Crippen LogP contribution in [0.15, 0.2) is 48.6 Å². The van der Waals surface area contributed by atoms with Gasteiger partial charge >= 0.3 is 19.8 Å². The highest BCUT2D eigenvalue weighted by atomic mass is 31.2. The Hall–Kier alpha value is -2.03. The maximum absolute atomic E-state index is 12.5. The standard InChI is InChI=1S/C38H68NO8P/c1-6-8-9-10-11-12-13-14-15-16-17-18-19-20-21-22-23-24-25-26-27-28-29-31-38(41)47-36(34-44-37(40)30-7-2)35-46-48(42,43)45-33-32-39(3,4)5/h8-9,11-12,14-15,17-18,36H,6-7,10,13,16,19-35H2,1-5H3/p+1/b9-8-,12-11-,15-14-,18-17-. The SMILES string of the molecule is CC/C=C\C/C=C\C/C=C\C/C=C\CCCCCCCCCCCCC(=O)OC(COC(=O)CCC)COP(=O)(O)OCC[N+](C)(C)C. The molecule has 0 saturated carbocycles. The Labute approximate surface area is 293 Å². The summed E-state index contributed by atoms with van der Waals surface area (Å²) in [6, 6.07) is 0. The van der Waals surface area contributed by atoms with Gasteiger partial charge in [0.25, 0.3) is 0 Å². The summed E-state index contributed by atoms with van der Waals surface area (Å²) in [6.45, 7) is 3.89. The molecule has 1 N–H and O–H groups in total. The summed E-state index contributed by atoms with van der Waals surface area (Å²) in [7, 11) is 1.46. The third-order valence-corrected chi connectivity index (χ3v) is 8.33. The predicted molar refractivity (Wildman–Crippen MR) is 196 cm³/mol. The Morgan fingerprint density at radius 1 is 0.667 bits per heavy atom. The van der Waals surface area contributed by atoms with Crippen LogP contribution in [0.2, 0.25) is 0 Å². The average molecular weight is 699 g/mol. The fourth-order valence-corrected chi connectivity index (χ4v) is 5.25. The van der Waals surface area contributed by atoms with Crippen molar-refractivity contribution in [1.82, 2.24) is 0 Å². The van der Waals surface area contributed by atoms with E-state index in [2.05, 4.69) is 55.5 Å². The van der Waals surface area contributed by atoms with Gasteiger partial charge in [0.15, 0.2) is 6.10 Å². The molecule has 0 saturated heterocycles. The summed E-state index contributed by atoms with van der Waals surface area (Å²) in [6.07, 6.45) is 34.7. The zero-order valence-electron chi connectivity index (χ0n) is 31.0. The van der Waals surface area contributed by atoms with Gasteiger partial charge in [-0.1, -0.05) is 114 Å². The Morgan fingerprint density at radius 2 is 1.19 bits per heavy atom. The van der Waals surface area contributed by atoms with Crippen molar-refractivity contribution in [3.63, 3.8) is 0 Å². The smallest absolute Gasteiger partial charge is 0.462 e. The van der Waals surface area contributed by atoms with Crippen LogP contribution in [0.3, 0.4) is 0 Å². The number of esters is 2. The third kappa shape index (κ3) is 33.9. The summed E-state index contributed by atoms with van der Waals surface area (Å²) < 4.78 is 33.5. The van der Waals surface area contributed by atoms with Gasteiger partial charge in [-0.25, -0.2) is 4.57 Å². The lowest BCUT2D eigenvalue weighted by Crippen LogP contribution is -2.37. The van der Waals surface area contributed by atoms with Crippen LogP contribution in [0.1, 0.15) is 129 Å². The first-order valence-corrected chi connectivity index (χ1v) is 19.9. The second-order valence-corrected chi connectivity index (χ2v) is 14.7. The zero-order valence-corrected chi connectivity index (χ0v) is 31.8. The largest absolute Gasteiger partial charge is 0.472 e. The fraction of sp³-hybridized carbons (Fsp3) is 0.737. The highest BCUT2D eigenvalue weighted by Crippen LogP contribution is 2.43. The van der Waals surface area contributed by atoms with Crippen LogP contribution in [-0.4, -0.2) is 74.9 Å². The molecule has 0 aromatic carbocycles. The molecule has 278 valence electrons. The van der Waals surface area contributed by atoms with E-state index in [1.54, 1.807) is 0 Å². The number of quaternary nitrogens is 1. The van der Waals surface area contributed by atoms with Gasteiger partial charge in [0.2, 0.25) is 0 Å². The molecule has 0 radical (unpaired) electrons. The molecule has 10 heteroatoms. The van der Waals surface area contributed by atoms with Crippen LogP contribution in [0.5, 0.6) is 0 Å². The summed E-state index contributed by atoms with van der Waals surface area (Å²) in [5, 5.41) is 0. The molecule has 0 rings (SSSR count). The lowest BCUT2D eigenvalue weighted by molar-refractivity contribution is -0.870. The molecule has 48 heavy (non-hydrogen) atoms. The number of rotatable bonds is 32. The van der Waals surface area contributed by atoms with Gasteiger partial charge in [0, 0.05) is 12.8 Å². The monoisotopic (exact) mass is 698 g/mol. The van der Waals surface area contributed by atoms with Crippen LogP contribution in [0, 0.1) is 0 Å². The molecule has 0 aromatic heterocycles. The van der Waals surface area contributed by atoms with Crippen LogP contribution < -0.4 is 0 Å². The average Bonchev–Trinajstić information content (AvgIpc) is 3.02. The number of nitrogens with zero attached hydrogens (tertiary/aromatic N) is 1. The molecule has 9 nitrogen and oxygen atoms in total. The van der Waals surface area contributed by atoms with Gasteiger partial charge in [-0.2, -0.15) is 0 Å². The van der Waals surface area contributed by atoms with Crippen molar-refractivity contribution in [1.29, 1.82) is 0 Å². The van der Waals surface area contributed by atoms with E-state index in [4.69, 9.17) is 18.5 Å². The van der Waals surface area contributed by atoms with E-state index in [-0.39, 0.29) is 26.1 Å². The van der Waals surface area contributed by atoms with Gasteiger partial charge in [-0.05, 0) is 51.4 Å². The number of likely N-dealkylation sites (N-methyl/N-ethyl adjacent to an activating group) is 1. The summed E-state index contributed by atoms with van der Waals surface area (Å²) in [5.41, 5.74) is 0. The Kier molecular flexibility index (Phi) is 29.7. The molecular formula is C38H69NO8P+. The number of hydrogen-bond donors (Lipinski definition) is 1. The van der Waals surface area contributed by atoms with Crippen LogP contribution >= 0.6 is 7.82 Å². The molecule has 0 aromatic rings. The number of phosphoric ester groups is 1. The highest BCUT2D eigenvalue weighted by molar-refractivity contribution is 7.47. The summed E-state index contributed by atoms with van der Waals surface area (Å²) in [5.74, 6) is -0.870. The third-order valence-electron chi connectivity index (χ3n) is 7.34. The molecule has 0 fully saturated rings. The Morgan fingerprint density at radius 3 is 1.73 bits per heavy atom. The molecule has 0 aliphatic heterocycles. The van der Waals surface area contributed by atoms with Crippen molar-refractivity contribution in [2.24, 2.45) is 0 Å². The van der Waals surface area contributed by atoms with Crippen molar-refractivity contribution < 1.29 is 42.1 Å². The quantitative estimate of drug-likeness (QED) is 0.0243. The van der Waals surface area contributed by atoms with Gasteiger partial charge in [-0.15, -0.1) is 0 Å². The molecule has 0 heterocycles. The predicted octanol–water partition coefficient (Wildman–Crippen LogP) is 9.57. The highest BCUT2D eigenvalue weighted by Gasteiger charge is 2.27. The van der Waals surface area contributed by atoms with Crippen molar-refractivity contribution in [3.8, 4) is 0 Å². The van der Waals surface area contributed by atoms with E-state index in [0.29, 0.717) is 23.9 Å². The van der Waals surface area contributed by atoms with Gasteiger partial charge < -0.3 is 18.9 Å². The first-order valence-electron chi connectivity index (χ1n) is 18.4. The lowest BCUT2D eigenvalue weighted by Gasteiger charge is -2.24. The number of phosphoric acid groups is 1. The maximum atomic E-state index is 12.5. The van der Waals surface area contributed by atoms with Gasteiger partial charge in [0.05, 0.1) is 27.7 Å². The van der Waals surface area contributed by atoms with Crippen molar-refractivity contribution in [3.05, 3.63) is 48.6 Å². The summed E-state index contributed by atoms with van der Waals surface area (Å²) in [4.78, 5) is 34.3. The van der Waals surface area contributed by atoms with Gasteiger partial charge in [-0.3, -0.25) is 18.6 Å². The second kappa shape index (κ2) is 31.0. The minimum Gasteiger partial charge on any atom is -0.462 e. The maximum Gasteiger partial charge on any atom is 0.472 e. The lowest BCUT2D eigenvalue weighted by atomic mass is 10.0. The van der Waals surface area contributed by atoms with Crippen LogP contribution in [0.4, 0.5) is 0 Å². The minimum absolute atomic E-state index is 0.0282. The van der Waals surface area contributed by atoms with E-state index < -0.39 is 32.5 Å². The van der Waals surface area contributed by atoms with Gasteiger partial charge in [0.1, 0.15) is 19.8 Å². The molecule has 0 aliphatic rings. The van der Waals surface area contributed by atoms with E-state index in [0.717, 1.165) is 51.4 Å². The molecular weight excluding hydrogens is 629 g/mol. The second-order valence-electron chi connectivity index (χ2n) is 13.2. The number of unbranched alkanes of at least 4 members (excludes halogenated alkanes) is 10. The molecule has 0 bridgehead atoms. The number of allylic oxidation sites excluding steroid dienone is 8.